The van der Waals surface area contributed by atoms with Crippen molar-refractivity contribution in [3.05, 3.63) is 54.1 Å². The van der Waals surface area contributed by atoms with Gasteiger partial charge >= 0.3 is 6.18 Å². The Kier molecular flexibility index (Phi) is 10.6. The Morgan fingerprint density at radius 1 is 1.03 bits per heavy atom. The average Bonchev–Trinajstić information content (AvgIpc) is 3.35. The number of hydrogen-bond donors (Lipinski definition) is 1. The molecule has 2 aromatic rings. The van der Waals surface area contributed by atoms with Gasteiger partial charge in [0, 0.05) is 49.9 Å². The molecule has 214 valence electrons. The quantitative estimate of drug-likeness (QED) is 0.396. The van der Waals surface area contributed by atoms with Gasteiger partial charge in [-0.3, -0.25) is 9.59 Å². The van der Waals surface area contributed by atoms with E-state index in [4.69, 9.17) is 9.47 Å². The number of methoxy groups -OCH3 is 1. The molecule has 0 aliphatic carbocycles. The number of ether oxygens (including phenoxy) is 2. The Labute approximate surface area is 228 Å². The number of rotatable bonds is 12. The van der Waals surface area contributed by atoms with Gasteiger partial charge in [-0.15, -0.1) is 0 Å². The molecule has 0 aromatic heterocycles. The number of carbonyl (C=O) groups is 2. The molecule has 0 spiro atoms. The van der Waals surface area contributed by atoms with Crippen LogP contribution in [0.2, 0.25) is 0 Å². The standard InChI is InChI=1S/C29H38F3N3O4/c1-5-27(36)35(24-9-7-6-8-10-24)19-23-17-33-16-22(23)18-34(20(2)3)28(37)21-11-12-25(38-4)26(15-21)39-14-13-29(30,31)32/h6-12,15,20,22-23,33H,5,13-14,16-19H2,1-4H3/t22-,23-/m0/s1. The highest BCUT2D eigenvalue weighted by Crippen LogP contribution is 2.31. The number of para-hydroxylation sites is 1. The van der Waals surface area contributed by atoms with E-state index in [1.165, 1.54) is 19.2 Å². The second-order valence-electron chi connectivity index (χ2n) is 10.0. The van der Waals surface area contributed by atoms with Crippen molar-refractivity contribution >= 4 is 17.5 Å². The molecule has 2 aromatic carbocycles. The van der Waals surface area contributed by atoms with Gasteiger partial charge in [0.15, 0.2) is 11.5 Å². The van der Waals surface area contributed by atoms with Crippen LogP contribution in [-0.4, -0.2) is 68.8 Å². The highest BCUT2D eigenvalue weighted by atomic mass is 19.4. The third kappa shape index (κ3) is 8.36. The number of carbonyl (C=O) groups excluding carboxylic acids is 2. The van der Waals surface area contributed by atoms with E-state index in [2.05, 4.69) is 5.32 Å². The molecule has 1 fully saturated rings. The topological polar surface area (TPSA) is 71.1 Å². The zero-order valence-corrected chi connectivity index (χ0v) is 23.0. The van der Waals surface area contributed by atoms with Gasteiger partial charge in [-0.2, -0.15) is 13.2 Å². The maximum Gasteiger partial charge on any atom is 0.392 e. The van der Waals surface area contributed by atoms with Crippen LogP contribution in [0.3, 0.4) is 0 Å². The average molecular weight is 550 g/mol. The fourth-order valence-electron chi connectivity index (χ4n) is 4.75. The molecule has 1 aliphatic rings. The molecule has 0 saturated carbocycles. The molecule has 3 rings (SSSR count). The summed E-state index contributed by atoms with van der Waals surface area (Å²) < 4.78 is 48.4. The van der Waals surface area contributed by atoms with Crippen molar-refractivity contribution in [2.75, 3.05) is 44.8 Å². The first-order valence-corrected chi connectivity index (χ1v) is 13.3. The minimum Gasteiger partial charge on any atom is -0.493 e. The van der Waals surface area contributed by atoms with Crippen LogP contribution in [0.25, 0.3) is 0 Å². The molecular formula is C29H38F3N3O4. The summed E-state index contributed by atoms with van der Waals surface area (Å²) in [4.78, 5) is 30.0. The van der Waals surface area contributed by atoms with Crippen molar-refractivity contribution in [1.29, 1.82) is 0 Å². The highest BCUT2D eigenvalue weighted by Gasteiger charge is 2.34. The van der Waals surface area contributed by atoms with E-state index in [0.29, 0.717) is 31.6 Å². The van der Waals surface area contributed by atoms with E-state index in [1.807, 2.05) is 56.0 Å². The van der Waals surface area contributed by atoms with Gasteiger partial charge in [-0.05, 0) is 56.0 Å². The lowest BCUT2D eigenvalue weighted by Crippen LogP contribution is -2.44. The maximum atomic E-state index is 13.6. The van der Waals surface area contributed by atoms with Crippen molar-refractivity contribution < 1.29 is 32.2 Å². The monoisotopic (exact) mass is 549 g/mol. The van der Waals surface area contributed by atoms with E-state index in [1.54, 1.807) is 11.0 Å². The number of amides is 2. The Hall–Kier alpha value is -3.27. The lowest BCUT2D eigenvalue weighted by molar-refractivity contribution is -0.139. The molecule has 1 aliphatic heterocycles. The van der Waals surface area contributed by atoms with Crippen LogP contribution in [0.1, 0.15) is 44.0 Å². The van der Waals surface area contributed by atoms with Gasteiger partial charge in [0.25, 0.3) is 5.91 Å². The summed E-state index contributed by atoms with van der Waals surface area (Å²) in [6.07, 6.45) is -5.07. The largest absolute Gasteiger partial charge is 0.493 e. The van der Waals surface area contributed by atoms with Crippen LogP contribution in [0.4, 0.5) is 18.9 Å². The first-order valence-electron chi connectivity index (χ1n) is 13.3. The molecule has 0 radical (unpaired) electrons. The summed E-state index contributed by atoms with van der Waals surface area (Å²) in [6, 6.07) is 14.0. The van der Waals surface area contributed by atoms with Crippen LogP contribution < -0.4 is 19.7 Å². The molecular weight excluding hydrogens is 511 g/mol. The number of benzene rings is 2. The molecule has 7 nitrogen and oxygen atoms in total. The van der Waals surface area contributed by atoms with Crippen molar-refractivity contribution in [1.82, 2.24) is 10.2 Å². The van der Waals surface area contributed by atoms with Crippen LogP contribution >= 0.6 is 0 Å². The van der Waals surface area contributed by atoms with Crippen LogP contribution in [0.5, 0.6) is 11.5 Å². The Bertz CT molecular complexity index is 1090. The molecule has 2 amide bonds. The van der Waals surface area contributed by atoms with Crippen LogP contribution in [0, 0.1) is 11.8 Å². The summed E-state index contributed by atoms with van der Waals surface area (Å²) in [5.41, 5.74) is 1.16. The number of nitrogens with one attached hydrogen (secondary N) is 1. The zero-order valence-electron chi connectivity index (χ0n) is 23.0. The van der Waals surface area contributed by atoms with E-state index in [9.17, 15) is 22.8 Å². The molecule has 39 heavy (non-hydrogen) atoms. The van der Waals surface area contributed by atoms with E-state index < -0.39 is 19.2 Å². The molecule has 1 heterocycles. The molecule has 0 unspecified atom stereocenters. The Morgan fingerprint density at radius 3 is 2.28 bits per heavy atom. The van der Waals surface area contributed by atoms with Crippen molar-refractivity contribution in [3.8, 4) is 11.5 Å². The molecule has 1 N–H and O–H groups in total. The van der Waals surface area contributed by atoms with Crippen molar-refractivity contribution in [2.45, 2.75) is 45.8 Å². The smallest absolute Gasteiger partial charge is 0.392 e. The molecule has 10 heteroatoms. The van der Waals surface area contributed by atoms with E-state index >= 15 is 0 Å². The Balaban J connectivity index is 1.76. The number of anilines is 1. The second kappa shape index (κ2) is 13.7. The minimum absolute atomic E-state index is 0.0416. The SMILES string of the molecule is CCC(=O)N(C[C@@H]1CNC[C@H]1CN(C(=O)c1ccc(OC)c(OCCC(F)(F)F)c1)C(C)C)c1ccccc1. The maximum absolute atomic E-state index is 13.6. The van der Waals surface area contributed by atoms with Gasteiger partial charge in [0.2, 0.25) is 5.91 Å². The lowest BCUT2D eigenvalue weighted by Gasteiger charge is -2.33. The number of nitrogens with zero attached hydrogens (tertiary/aromatic N) is 2. The third-order valence-corrected chi connectivity index (χ3v) is 6.94. The van der Waals surface area contributed by atoms with Gasteiger partial charge in [-0.25, -0.2) is 0 Å². The van der Waals surface area contributed by atoms with Crippen LogP contribution in [-0.2, 0) is 4.79 Å². The minimum atomic E-state index is -4.35. The van der Waals surface area contributed by atoms with E-state index in [-0.39, 0.29) is 41.2 Å². The van der Waals surface area contributed by atoms with Gasteiger partial charge < -0.3 is 24.6 Å². The first kappa shape index (κ1) is 30.3. The normalized spacial score (nSPS) is 17.2. The van der Waals surface area contributed by atoms with Gasteiger partial charge in [0.1, 0.15) is 0 Å². The molecule has 1 saturated heterocycles. The summed E-state index contributed by atoms with van der Waals surface area (Å²) >= 11 is 0. The van der Waals surface area contributed by atoms with Gasteiger partial charge in [-0.1, -0.05) is 25.1 Å². The fraction of sp³-hybridized carbons (Fsp3) is 0.517. The summed E-state index contributed by atoms with van der Waals surface area (Å²) in [5.74, 6) is 0.378. The van der Waals surface area contributed by atoms with Crippen LogP contribution in [0.15, 0.2) is 48.5 Å². The number of alkyl halides is 3. The number of hydrogen-bond acceptors (Lipinski definition) is 5. The first-order chi connectivity index (χ1) is 18.5. The third-order valence-electron chi connectivity index (χ3n) is 6.94. The fourth-order valence-corrected chi connectivity index (χ4v) is 4.75. The summed E-state index contributed by atoms with van der Waals surface area (Å²) in [5, 5.41) is 3.41. The highest BCUT2D eigenvalue weighted by molar-refractivity contribution is 5.95. The predicted molar refractivity (Wildman–Crippen MR) is 144 cm³/mol. The zero-order chi connectivity index (χ0) is 28.6. The predicted octanol–water partition coefficient (Wildman–Crippen LogP) is 5.16. The van der Waals surface area contributed by atoms with Crippen molar-refractivity contribution in [3.63, 3.8) is 0 Å². The number of halogens is 3. The summed E-state index contributed by atoms with van der Waals surface area (Å²) in [7, 11) is 1.39. The van der Waals surface area contributed by atoms with E-state index in [0.717, 1.165) is 12.2 Å². The molecule has 0 bridgehead atoms. The summed E-state index contributed by atoms with van der Waals surface area (Å²) in [6.45, 7) is 7.56. The Morgan fingerprint density at radius 2 is 1.69 bits per heavy atom. The lowest BCUT2D eigenvalue weighted by atomic mass is 9.93. The molecule has 2 atom stereocenters. The van der Waals surface area contributed by atoms with Crippen molar-refractivity contribution in [2.24, 2.45) is 11.8 Å². The van der Waals surface area contributed by atoms with Gasteiger partial charge in [0.05, 0.1) is 20.1 Å². The second-order valence-corrected chi connectivity index (χ2v) is 10.0.